The van der Waals surface area contributed by atoms with Crippen LogP contribution >= 0.6 is 0 Å². The number of hydrogen-bond donors (Lipinski definition) is 0. The summed E-state index contributed by atoms with van der Waals surface area (Å²) in [7, 11) is 0. The van der Waals surface area contributed by atoms with Crippen molar-refractivity contribution in [3.05, 3.63) is 0 Å². The van der Waals surface area contributed by atoms with Gasteiger partial charge in [-0.25, -0.2) is 0 Å². The minimum Gasteiger partial charge on any atom is -0.303 e. The largest absolute Gasteiger partial charge is 0.303 e. The first-order chi connectivity index (χ1) is 5.29. The molecule has 0 amide bonds. The van der Waals surface area contributed by atoms with Gasteiger partial charge in [0.15, 0.2) is 0 Å². The van der Waals surface area contributed by atoms with Crippen LogP contribution in [-0.2, 0) is 4.79 Å². The van der Waals surface area contributed by atoms with E-state index in [0.717, 1.165) is 11.3 Å². The molecule has 3 rings (SSSR count). The molecule has 3 aliphatic carbocycles. The molecule has 0 saturated heterocycles. The molecule has 0 aliphatic heterocycles. The molecule has 0 aromatic heterocycles. The van der Waals surface area contributed by atoms with Crippen LogP contribution in [0.2, 0.25) is 0 Å². The summed E-state index contributed by atoms with van der Waals surface area (Å²) in [5.74, 6) is 0.954. The lowest BCUT2D eigenvalue weighted by Crippen LogP contribution is -2.03. The van der Waals surface area contributed by atoms with E-state index in [1.165, 1.54) is 44.8 Å². The second-order valence-electron chi connectivity index (χ2n) is 4.95. The Labute approximate surface area is 67.2 Å². The van der Waals surface area contributed by atoms with E-state index in [2.05, 4.69) is 0 Å². The zero-order chi connectivity index (χ0) is 7.53. The van der Waals surface area contributed by atoms with Crippen LogP contribution in [0, 0.1) is 16.7 Å². The van der Waals surface area contributed by atoms with Crippen LogP contribution in [0.15, 0.2) is 0 Å². The molecule has 0 bridgehead atoms. The smallest absolute Gasteiger partial charge is 0.126 e. The van der Waals surface area contributed by atoms with Gasteiger partial charge in [-0.3, -0.25) is 0 Å². The van der Waals surface area contributed by atoms with Gasteiger partial charge in [-0.2, -0.15) is 0 Å². The van der Waals surface area contributed by atoms with Gasteiger partial charge in [0, 0.05) is 5.41 Å². The van der Waals surface area contributed by atoms with Crippen LogP contribution in [0.3, 0.4) is 0 Å². The Morgan fingerprint density at radius 3 is 2.36 bits per heavy atom. The highest BCUT2D eigenvalue weighted by Crippen LogP contribution is 2.74. The van der Waals surface area contributed by atoms with Crippen molar-refractivity contribution in [1.82, 2.24) is 0 Å². The summed E-state index contributed by atoms with van der Waals surface area (Å²) in [6.07, 6.45) is 9.20. The van der Waals surface area contributed by atoms with Crippen molar-refractivity contribution in [2.24, 2.45) is 16.7 Å². The minimum atomic E-state index is 0.191. The quantitative estimate of drug-likeness (QED) is 0.563. The fourth-order valence-electron chi connectivity index (χ4n) is 2.51. The van der Waals surface area contributed by atoms with Crippen molar-refractivity contribution in [1.29, 1.82) is 0 Å². The van der Waals surface area contributed by atoms with Gasteiger partial charge in [-0.1, -0.05) is 0 Å². The number of rotatable bonds is 3. The van der Waals surface area contributed by atoms with Crippen molar-refractivity contribution in [3.63, 3.8) is 0 Å². The second-order valence-corrected chi connectivity index (χ2v) is 4.95. The maximum atomic E-state index is 10.7. The number of carbonyl (C=O) groups excluding carboxylic acids is 1. The fraction of sp³-hybridized carbons (Fsp3) is 0.900. The molecule has 0 radical (unpaired) electrons. The second kappa shape index (κ2) is 1.55. The lowest BCUT2D eigenvalue weighted by atomic mass is 10.00. The molecule has 3 saturated carbocycles. The van der Waals surface area contributed by atoms with Crippen molar-refractivity contribution in [2.45, 2.75) is 38.5 Å². The van der Waals surface area contributed by atoms with Gasteiger partial charge in [0.05, 0.1) is 0 Å². The highest BCUT2D eigenvalue weighted by Gasteiger charge is 2.64. The fourth-order valence-corrected chi connectivity index (χ4v) is 2.51. The van der Waals surface area contributed by atoms with Gasteiger partial charge in [-0.15, -0.1) is 0 Å². The number of hydrogen-bond acceptors (Lipinski definition) is 1. The van der Waals surface area contributed by atoms with Crippen LogP contribution in [0.25, 0.3) is 0 Å². The Kier molecular flexibility index (Phi) is 0.875. The Balaban J connectivity index is 1.63. The first-order valence-corrected chi connectivity index (χ1v) is 4.75. The zero-order valence-electron chi connectivity index (χ0n) is 6.81. The lowest BCUT2D eigenvalue weighted by molar-refractivity contribution is -0.112. The van der Waals surface area contributed by atoms with E-state index in [9.17, 15) is 4.79 Å². The van der Waals surface area contributed by atoms with Gasteiger partial charge >= 0.3 is 0 Å². The van der Waals surface area contributed by atoms with Crippen molar-refractivity contribution in [2.75, 3.05) is 0 Å². The van der Waals surface area contributed by atoms with Gasteiger partial charge in [0.25, 0.3) is 0 Å². The Morgan fingerprint density at radius 1 is 1.27 bits per heavy atom. The van der Waals surface area contributed by atoms with Gasteiger partial charge < -0.3 is 4.79 Å². The van der Waals surface area contributed by atoms with Crippen molar-refractivity contribution < 1.29 is 4.79 Å². The topological polar surface area (TPSA) is 17.1 Å². The first kappa shape index (κ1) is 6.22. The molecule has 1 unspecified atom stereocenters. The molecule has 3 fully saturated rings. The monoisotopic (exact) mass is 150 g/mol. The Morgan fingerprint density at radius 2 is 2.00 bits per heavy atom. The average molecular weight is 150 g/mol. The molecule has 1 nitrogen and oxygen atoms in total. The van der Waals surface area contributed by atoms with Gasteiger partial charge in [0.1, 0.15) is 6.29 Å². The molecular formula is C10H14O. The normalized spacial score (nSPS) is 40.2. The number of carbonyl (C=O) groups is 1. The third-order valence-corrected chi connectivity index (χ3v) is 4.05. The van der Waals surface area contributed by atoms with E-state index < -0.39 is 0 Å². The summed E-state index contributed by atoms with van der Waals surface area (Å²) in [4.78, 5) is 10.7. The maximum Gasteiger partial charge on any atom is 0.126 e. The molecular weight excluding hydrogens is 136 g/mol. The SMILES string of the molecule is O=CC1(CC2CC23CC3)CC1. The van der Waals surface area contributed by atoms with Crippen LogP contribution in [0.5, 0.6) is 0 Å². The highest BCUT2D eigenvalue weighted by atomic mass is 16.1. The third kappa shape index (κ3) is 0.800. The summed E-state index contributed by atoms with van der Waals surface area (Å²) < 4.78 is 0. The summed E-state index contributed by atoms with van der Waals surface area (Å²) in [6, 6.07) is 0. The Hall–Kier alpha value is -0.330. The molecule has 0 aromatic rings. The summed E-state index contributed by atoms with van der Waals surface area (Å²) in [6.45, 7) is 0. The maximum absolute atomic E-state index is 10.7. The van der Waals surface area contributed by atoms with E-state index in [0.29, 0.717) is 0 Å². The van der Waals surface area contributed by atoms with E-state index in [4.69, 9.17) is 0 Å². The van der Waals surface area contributed by atoms with Crippen molar-refractivity contribution in [3.8, 4) is 0 Å². The molecule has 1 spiro atoms. The highest BCUT2D eigenvalue weighted by molar-refractivity contribution is 5.63. The minimum absolute atomic E-state index is 0.191. The average Bonchev–Trinajstić information content (AvgIpc) is 2.85. The van der Waals surface area contributed by atoms with Crippen LogP contribution in [-0.4, -0.2) is 6.29 Å². The predicted octanol–water partition coefficient (Wildman–Crippen LogP) is 2.16. The summed E-state index contributed by atoms with van der Waals surface area (Å²) in [5.41, 5.74) is 0.995. The van der Waals surface area contributed by atoms with E-state index in [-0.39, 0.29) is 5.41 Å². The van der Waals surface area contributed by atoms with E-state index in [1.807, 2.05) is 0 Å². The third-order valence-electron chi connectivity index (χ3n) is 4.05. The van der Waals surface area contributed by atoms with Crippen LogP contribution in [0.4, 0.5) is 0 Å². The van der Waals surface area contributed by atoms with Gasteiger partial charge in [-0.05, 0) is 49.9 Å². The molecule has 0 aromatic carbocycles. The standard InChI is InChI=1S/C10H14O/c11-7-9(1-2-9)5-8-6-10(8)3-4-10/h7-8H,1-6H2. The molecule has 3 aliphatic rings. The number of aldehydes is 1. The van der Waals surface area contributed by atoms with E-state index >= 15 is 0 Å². The van der Waals surface area contributed by atoms with Crippen molar-refractivity contribution >= 4 is 6.29 Å². The molecule has 60 valence electrons. The van der Waals surface area contributed by atoms with Gasteiger partial charge in [0.2, 0.25) is 0 Å². The molecule has 1 atom stereocenters. The first-order valence-electron chi connectivity index (χ1n) is 4.75. The molecule has 0 N–H and O–H groups in total. The zero-order valence-corrected chi connectivity index (χ0v) is 6.81. The van der Waals surface area contributed by atoms with Crippen LogP contribution < -0.4 is 0 Å². The Bertz CT molecular complexity index is 211. The summed E-state index contributed by atoms with van der Waals surface area (Å²) in [5, 5.41) is 0. The summed E-state index contributed by atoms with van der Waals surface area (Å²) >= 11 is 0. The van der Waals surface area contributed by atoms with Crippen LogP contribution in [0.1, 0.15) is 38.5 Å². The predicted molar refractivity (Wildman–Crippen MR) is 42.1 cm³/mol. The molecule has 11 heavy (non-hydrogen) atoms. The lowest BCUT2D eigenvalue weighted by Gasteiger charge is -2.03. The molecule has 1 heteroatoms. The van der Waals surface area contributed by atoms with E-state index in [1.54, 1.807) is 0 Å². The molecule has 0 heterocycles.